The zero-order chi connectivity index (χ0) is 22.2. The fourth-order valence-corrected chi connectivity index (χ4v) is 4.55. The topological polar surface area (TPSA) is 41.1 Å². The normalized spacial score (nSPS) is 13.3. The van der Waals surface area contributed by atoms with E-state index in [1.54, 1.807) is 0 Å². The molecular formula is C26H26FIN4O. The molecule has 1 fully saturated rings. The summed E-state index contributed by atoms with van der Waals surface area (Å²) in [7, 11) is 0. The molecule has 5 rings (SSSR count). The van der Waals surface area contributed by atoms with Gasteiger partial charge in [0.05, 0.1) is 17.7 Å². The van der Waals surface area contributed by atoms with Crippen LogP contribution in [0.25, 0.3) is 27.7 Å². The number of benzene rings is 2. The molecule has 4 aromatic rings. The van der Waals surface area contributed by atoms with Crippen LogP contribution in [0.4, 0.5) is 9.18 Å². The number of aryl methyl sites for hydroxylation is 1. The van der Waals surface area contributed by atoms with Crippen LogP contribution < -0.4 is 33.9 Å². The monoisotopic (exact) mass is 556 g/mol. The Balaban J connectivity index is 0.00000259. The van der Waals surface area contributed by atoms with Gasteiger partial charge < -0.3 is 38.8 Å². The molecule has 0 radical (unpaired) electrons. The zero-order valence-electron chi connectivity index (χ0n) is 18.7. The lowest BCUT2D eigenvalue weighted by Gasteiger charge is -2.12. The number of halogens is 2. The van der Waals surface area contributed by atoms with Gasteiger partial charge in [-0.3, -0.25) is 0 Å². The van der Waals surface area contributed by atoms with Gasteiger partial charge >= 0.3 is 6.03 Å². The van der Waals surface area contributed by atoms with Crippen molar-refractivity contribution < 1.29 is 37.7 Å². The number of carbonyl (C=O) groups excluding carboxylic acids is 1. The quantitative estimate of drug-likeness (QED) is 0.293. The molecule has 0 atom stereocenters. The van der Waals surface area contributed by atoms with Crippen molar-refractivity contribution in [1.82, 2.24) is 14.8 Å². The lowest BCUT2D eigenvalue weighted by molar-refractivity contribution is -0.696. The second-order valence-corrected chi connectivity index (χ2v) is 8.34. The van der Waals surface area contributed by atoms with Gasteiger partial charge in [0.1, 0.15) is 5.82 Å². The lowest BCUT2D eigenvalue weighted by atomic mass is 10.0. The Hall–Kier alpha value is -2.94. The standard InChI is InChI=1S/C26H25FN4O.HI/c1-18-3-8-24-23(17-18)25(20-4-6-21(27)7-5-20)19(2)31(24)22-9-12-29(13-10-22)15-16-30-14-11-28-26(30)32;/h3-10,12-13,17H,11,14-16H2,1-2H3;1H. The highest BCUT2D eigenvalue weighted by Crippen LogP contribution is 2.37. The second kappa shape index (κ2) is 9.51. The average molecular weight is 556 g/mol. The highest BCUT2D eigenvalue weighted by molar-refractivity contribution is 5.99. The predicted octanol–water partition coefficient (Wildman–Crippen LogP) is 1.37. The largest absolute Gasteiger partial charge is 1.00 e. The van der Waals surface area contributed by atoms with Crippen LogP contribution in [-0.2, 0) is 6.54 Å². The first-order chi connectivity index (χ1) is 15.5. The van der Waals surface area contributed by atoms with E-state index >= 15 is 0 Å². The number of nitrogens with zero attached hydrogens (tertiary/aromatic N) is 3. The molecule has 2 aromatic heterocycles. The summed E-state index contributed by atoms with van der Waals surface area (Å²) in [6.45, 7) is 7.12. The molecule has 1 N–H and O–H groups in total. The van der Waals surface area contributed by atoms with Gasteiger partial charge in [-0.25, -0.2) is 13.8 Å². The summed E-state index contributed by atoms with van der Waals surface area (Å²) >= 11 is 0. The van der Waals surface area contributed by atoms with Crippen molar-refractivity contribution in [3.05, 3.63) is 84.1 Å². The number of fused-ring (bicyclic) bond motifs is 1. The fourth-order valence-electron chi connectivity index (χ4n) is 4.55. The van der Waals surface area contributed by atoms with Gasteiger partial charge in [-0.05, 0) is 43.7 Å². The number of pyridine rings is 1. The van der Waals surface area contributed by atoms with E-state index in [1.807, 2.05) is 17.0 Å². The van der Waals surface area contributed by atoms with Crippen molar-refractivity contribution in [2.45, 2.75) is 20.4 Å². The van der Waals surface area contributed by atoms with Crippen LogP contribution >= 0.6 is 0 Å². The molecule has 1 aliphatic heterocycles. The summed E-state index contributed by atoms with van der Waals surface area (Å²) in [4.78, 5) is 13.6. The molecule has 7 heteroatoms. The summed E-state index contributed by atoms with van der Waals surface area (Å²) in [6, 6.07) is 17.4. The van der Waals surface area contributed by atoms with E-state index in [0.717, 1.165) is 53.0 Å². The first-order valence-electron chi connectivity index (χ1n) is 10.9. The van der Waals surface area contributed by atoms with Crippen LogP contribution in [0.2, 0.25) is 0 Å². The van der Waals surface area contributed by atoms with Gasteiger partial charge in [0, 0.05) is 41.9 Å². The molecular weight excluding hydrogens is 530 g/mol. The van der Waals surface area contributed by atoms with Gasteiger partial charge in [-0.15, -0.1) is 0 Å². The van der Waals surface area contributed by atoms with Crippen LogP contribution in [0, 0.1) is 19.7 Å². The zero-order valence-corrected chi connectivity index (χ0v) is 20.8. The molecule has 0 bridgehead atoms. The van der Waals surface area contributed by atoms with E-state index in [1.165, 1.54) is 17.7 Å². The minimum absolute atomic E-state index is 0. The number of aromatic nitrogens is 2. The number of rotatable bonds is 5. The van der Waals surface area contributed by atoms with Crippen molar-refractivity contribution in [3.63, 3.8) is 0 Å². The number of amides is 2. The summed E-state index contributed by atoms with van der Waals surface area (Å²) in [5, 5.41) is 3.99. The summed E-state index contributed by atoms with van der Waals surface area (Å²) < 4.78 is 17.9. The van der Waals surface area contributed by atoms with Gasteiger partial charge in [0.25, 0.3) is 0 Å². The molecule has 1 saturated heterocycles. The van der Waals surface area contributed by atoms with Crippen molar-refractivity contribution in [2.24, 2.45) is 0 Å². The van der Waals surface area contributed by atoms with E-state index in [-0.39, 0.29) is 35.8 Å². The van der Waals surface area contributed by atoms with Crippen molar-refractivity contribution in [2.75, 3.05) is 19.6 Å². The maximum absolute atomic E-state index is 13.5. The molecule has 1 aliphatic rings. The van der Waals surface area contributed by atoms with Gasteiger partial charge in [-0.2, -0.15) is 0 Å². The molecule has 2 aromatic carbocycles. The van der Waals surface area contributed by atoms with Crippen LogP contribution in [0.5, 0.6) is 0 Å². The van der Waals surface area contributed by atoms with Crippen LogP contribution in [0.3, 0.4) is 0 Å². The minimum Gasteiger partial charge on any atom is -1.00 e. The Kier molecular flexibility index (Phi) is 6.69. The number of hydrogen-bond donors (Lipinski definition) is 1. The van der Waals surface area contributed by atoms with Crippen LogP contribution in [0.15, 0.2) is 67.0 Å². The van der Waals surface area contributed by atoms with Gasteiger partial charge in [-0.1, -0.05) is 23.8 Å². The molecule has 33 heavy (non-hydrogen) atoms. The van der Waals surface area contributed by atoms with E-state index in [9.17, 15) is 9.18 Å². The predicted molar refractivity (Wildman–Crippen MR) is 123 cm³/mol. The molecule has 0 unspecified atom stereocenters. The van der Waals surface area contributed by atoms with E-state index in [4.69, 9.17) is 0 Å². The molecule has 170 valence electrons. The first-order valence-corrected chi connectivity index (χ1v) is 10.9. The van der Waals surface area contributed by atoms with E-state index in [2.05, 4.69) is 71.0 Å². The SMILES string of the molecule is Cc1ccc2c(c1)c(-c1ccc(F)cc1)c(C)n2-c1cc[n+](CCN2CCNC2=O)cc1.[I-]. The molecule has 2 amide bonds. The Morgan fingerprint density at radius 2 is 1.76 bits per heavy atom. The van der Waals surface area contributed by atoms with Crippen molar-refractivity contribution in [3.8, 4) is 16.8 Å². The Bertz CT molecular complexity index is 1300. The van der Waals surface area contributed by atoms with E-state index < -0.39 is 0 Å². The average Bonchev–Trinajstić information content (AvgIpc) is 3.33. The third-order valence-electron chi connectivity index (χ3n) is 6.20. The second-order valence-electron chi connectivity index (χ2n) is 8.34. The van der Waals surface area contributed by atoms with Crippen molar-refractivity contribution in [1.29, 1.82) is 0 Å². The minimum atomic E-state index is -0.231. The maximum atomic E-state index is 13.5. The third-order valence-corrected chi connectivity index (χ3v) is 6.20. The third kappa shape index (κ3) is 4.46. The molecule has 5 nitrogen and oxygen atoms in total. The number of hydrogen-bond acceptors (Lipinski definition) is 1. The molecule has 0 saturated carbocycles. The fraction of sp³-hybridized carbons (Fsp3) is 0.231. The number of urea groups is 1. The Morgan fingerprint density at radius 3 is 2.42 bits per heavy atom. The highest BCUT2D eigenvalue weighted by Gasteiger charge is 2.21. The summed E-state index contributed by atoms with van der Waals surface area (Å²) in [6.07, 6.45) is 4.11. The van der Waals surface area contributed by atoms with Crippen LogP contribution in [0.1, 0.15) is 11.3 Å². The number of nitrogens with one attached hydrogen (secondary N) is 1. The molecule has 3 heterocycles. The van der Waals surface area contributed by atoms with Crippen LogP contribution in [-0.4, -0.2) is 35.1 Å². The van der Waals surface area contributed by atoms with Crippen molar-refractivity contribution >= 4 is 16.9 Å². The molecule has 0 spiro atoms. The Morgan fingerprint density at radius 1 is 1.03 bits per heavy atom. The highest BCUT2D eigenvalue weighted by atomic mass is 127. The lowest BCUT2D eigenvalue weighted by Crippen LogP contribution is -3.00. The summed E-state index contributed by atoms with van der Waals surface area (Å²) in [5.74, 6) is -0.231. The first kappa shape index (κ1) is 23.2. The van der Waals surface area contributed by atoms with Gasteiger partial charge in [0.2, 0.25) is 0 Å². The smallest absolute Gasteiger partial charge is 0.317 e. The number of carbonyl (C=O) groups is 1. The Labute approximate surface area is 209 Å². The maximum Gasteiger partial charge on any atom is 0.317 e. The molecule has 0 aliphatic carbocycles. The van der Waals surface area contributed by atoms with E-state index in [0.29, 0.717) is 6.54 Å². The van der Waals surface area contributed by atoms with Gasteiger partial charge in [0.15, 0.2) is 18.9 Å². The summed E-state index contributed by atoms with van der Waals surface area (Å²) in [5.41, 5.74) is 6.63.